The van der Waals surface area contributed by atoms with E-state index in [1.165, 1.54) is 26.4 Å². The van der Waals surface area contributed by atoms with Gasteiger partial charge >= 0.3 is 5.97 Å². The maximum absolute atomic E-state index is 11.2. The number of nitrogens with zero attached hydrogens (tertiary/aromatic N) is 2. The third kappa shape index (κ3) is 4.45. The van der Waals surface area contributed by atoms with Crippen molar-refractivity contribution in [1.29, 1.82) is 0 Å². The van der Waals surface area contributed by atoms with Crippen LogP contribution in [0.4, 0.5) is 5.82 Å². The fourth-order valence-corrected chi connectivity index (χ4v) is 1.08. The minimum absolute atomic E-state index is 0.0961. The van der Waals surface area contributed by atoms with E-state index >= 15 is 0 Å². The Hall–Kier alpha value is -2.18. The molecule has 17 heavy (non-hydrogen) atoms. The average Bonchev–Trinajstić information content (AvgIpc) is 2.34. The molecule has 7 nitrogen and oxygen atoms in total. The van der Waals surface area contributed by atoms with Gasteiger partial charge in [0.05, 0.1) is 19.5 Å². The first-order valence-corrected chi connectivity index (χ1v) is 5.02. The summed E-state index contributed by atoms with van der Waals surface area (Å²) in [6.45, 7) is 2.41. The van der Waals surface area contributed by atoms with Crippen LogP contribution in [0.15, 0.2) is 12.4 Å². The first-order valence-electron chi connectivity index (χ1n) is 5.02. The highest BCUT2D eigenvalue weighted by atomic mass is 16.5. The minimum atomic E-state index is -0.539. The normalized spacial score (nSPS) is 9.53. The largest absolute Gasteiger partial charge is 0.464 e. The van der Waals surface area contributed by atoms with Gasteiger partial charge in [-0.3, -0.25) is 9.78 Å². The highest BCUT2D eigenvalue weighted by Crippen LogP contribution is 2.02. The van der Waals surface area contributed by atoms with E-state index in [9.17, 15) is 9.59 Å². The number of carbonyl (C=O) groups is 2. The smallest absolute Gasteiger partial charge is 0.358 e. The van der Waals surface area contributed by atoms with Crippen LogP contribution in [0.3, 0.4) is 0 Å². The Balaban J connectivity index is 2.48. The summed E-state index contributed by atoms with van der Waals surface area (Å²) in [6.07, 6.45) is 2.81. The zero-order chi connectivity index (χ0) is 12.7. The van der Waals surface area contributed by atoms with Crippen LogP contribution in [0.2, 0.25) is 0 Å². The van der Waals surface area contributed by atoms with Crippen molar-refractivity contribution in [2.24, 2.45) is 0 Å². The lowest BCUT2D eigenvalue weighted by atomic mass is 10.4. The predicted octanol–water partition coefficient (Wildman–Crippen LogP) is -0.189. The standard InChI is InChI=1S/C10H14N4O3/c1-7(15)12-3-4-13-9-6-11-5-8(14-9)10(16)17-2/h5-6H,3-4H2,1-2H3,(H,12,15)(H,13,14). The van der Waals surface area contributed by atoms with Crippen molar-refractivity contribution in [2.75, 3.05) is 25.5 Å². The van der Waals surface area contributed by atoms with Crippen LogP contribution in [-0.2, 0) is 9.53 Å². The molecule has 92 valence electrons. The molecule has 1 amide bonds. The van der Waals surface area contributed by atoms with E-state index in [1.807, 2.05) is 0 Å². The summed E-state index contributed by atoms with van der Waals surface area (Å²) >= 11 is 0. The molecule has 0 saturated heterocycles. The molecule has 7 heteroatoms. The topological polar surface area (TPSA) is 93.2 Å². The summed E-state index contributed by atoms with van der Waals surface area (Å²) in [5.41, 5.74) is 0.136. The van der Waals surface area contributed by atoms with Crippen LogP contribution in [0.25, 0.3) is 0 Å². The van der Waals surface area contributed by atoms with E-state index in [1.54, 1.807) is 0 Å². The highest BCUT2D eigenvalue weighted by molar-refractivity contribution is 5.87. The van der Waals surface area contributed by atoms with Crippen LogP contribution in [0.5, 0.6) is 0 Å². The van der Waals surface area contributed by atoms with Gasteiger partial charge in [-0.15, -0.1) is 0 Å². The summed E-state index contributed by atoms with van der Waals surface area (Å²) in [5, 5.41) is 5.55. The van der Waals surface area contributed by atoms with E-state index in [4.69, 9.17) is 0 Å². The molecule has 0 saturated carbocycles. The number of rotatable bonds is 5. The van der Waals surface area contributed by atoms with Gasteiger partial charge < -0.3 is 15.4 Å². The fraction of sp³-hybridized carbons (Fsp3) is 0.400. The summed E-state index contributed by atoms with van der Waals surface area (Å²) in [7, 11) is 1.28. The molecule has 0 aliphatic heterocycles. The van der Waals surface area contributed by atoms with Crippen molar-refractivity contribution in [2.45, 2.75) is 6.92 Å². The number of carbonyl (C=O) groups excluding carboxylic acids is 2. The summed E-state index contributed by atoms with van der Waals surface area (Å²) < 4.78 is 4.52. The van der Waals surface area contributed by atoms with Crippen molar-refractivity contribution >= 4 is 17.7 Å². The Morgan fingerprint density at radius 1 is 1.35 bits per heavy atom. The molecule has 0 spiro atoms. The van der Waals surface area contributed by atoms with Crippen molar-refractivity contribution < 1.29 is 14.3 Å². The zero-order valence-corrected chi connectivity index (χ0v) is 9.69. The third-order valence-corrected chi connectivity index (χ3v) is 1.83. The molecule has 1 aromatic rings. The number of hydrogen-bond acceptors (Lipinski definition) is 6. The molecule has 0 aliphatic rings. The Morgan fingerprint density at radius 3 is 2.76 bits per heavy atom. The molecular weight excluding hydrogens is 224 g/mol. The third-order valence-electron chi connectivity index (χ3n) is 1.83. The number of anilines is 1. The van der Waals surface area contributed by atoms with E-state index in [2.05, 4.69) is 25.3 Å². The van der Waals surface area contributed by atoms with Gasteiger partial charge in [-0.05, 0) is 0 Å². The van der Waals surface area contributed by atoms with Gasteiger partial charge in [0.2, 0.25) is 5.91 Å². The Labute approximate surface area is 98.6 Å². The molecule has 0 aromatic carbocycles. The maximum Gasteiger partial charge on any atom is 0.358 e. The molecule has 0 atom stereocenters. The molecular formula is C10H14N4O3. The number of hydrogen-bond donors (Lipinski definition) is 2. The number of nitrogens with one attached hydrogen (secondary N) is 2. The van der Waals surface area contributed by atoms with Crippen molar-refractivity contribution in [1.82, 2.24) is 15.3 Å². The lowest BCUT2D eigenvalue weighted by Crippen LogP contribution is -2.26. The molecule has 0 bridgehead atoms. The lowest BCUT2D eigenvalue weighted by molar-refractivity contribution is -0.118. The van der Waals surface area contributed by atoms with Gasteiger partial charge in [0.1, 0.15) is 5.82 Å². The van der Waals surface area contributed by atoms with Gasteiger partial charge in [0, 0.05) is 20.0 Å². The maximum atomic E-state index is 11.2. The average molecular weight is 238 g/mol. The number of amides is 1. The number of methoxy groups -OCH3 is 1. The second kappa shape index (κ2) is 6.41. The summed E-state index contributed by atoms with van der Waals surface area (Å²) in [4.78, 5) is 29.6. The van der Waals surface area contributed by atoms with E-state index in [0.717, 1.165) is 0 Å². The van der Waals surface area contributed by atoms with Crippen molar-refractivity contribution in [3.8, 4) is 0 Å². The van der Waals surface area contributed by atoms with Crippen LogP contribution < -0.4 is 10.6 Å². The van der Waals surface area contributed by atoms with Crippen molar-refractivity contribution in [3.05, 3.63) is 18.1 Å². The van der Waals surface area contributed by atoms with Gasteiger partial charge in [0.25, 0.3) is 0 Å². The SMILES string of the molecule is COC(=O)c1cncc(NCCNC(C)=O)n1. The monoisotopic (exact) mass is 238 g/mol. The van der Waals surface area contributed by atoms with E-state index < -0.39 is 5.97 Å². The van der Waals surface area contributed by atoms with Gasteiger partial charge in [-0.2, -0.15) is 0 Å². The van der Waals surface area contributed by atoms with Crippen LogP contribution in [-0.4, -0.2) is 42.0 Å². The quantitative estimate of drug-likeness (QED) is 0.545. The Bertz CT molecular complexity index is 408. The Morgan fingerprint density at radius 2 is 2.12 bits per heavy atom. The zero-order valence-electron chi connectivity index (χ0n) is 9.69. The first kappa shape index (κ1) is 12.9. The highest BCUT2D eigenvalue weighted by Gasteiger charge is 2.07. The van der Waals surface area contributed by atoms with Gasteiger partial charge in [0.15, 0.2) is 5.69 Å². The number of esters is 1. The van der Waals surface area contributed by atoms with Crippen LogP contribution in [0.1, 0.15) is 17.4 Å². The minimum Gasteiger partial charge on any atom is -0.464 e. The molecule has 0 unspecified atom stereocenters. The second-order valence-corrected chi connectivity index (χ2v) is 3.19. The molecule has 1 heterocycles. The predicted molar refractivity (Wildman–Crippen MR) is 60.5 cm³/mol. The van der Waals surface area contributed by atoms with E-state index in [0.29, 0.717) is 18.9 Å². The van der Waals surface area contributed by atoms with Crippen molar-refractivity contribution in [3.63, 3.8) is 0 Å². The molecule has 1 rings (SSSR count). The molecule has 1 aromatic heterocycles. The number of ether oxygens (including phenoxy) is 1. The molecule has 2 N–H and O–H groups in total. The Kier molecular flexibility index (Phi) is 4.86. The van der Waals surface area contributed by atoms with Gasteiger partial charge in [-0.25, -0.2) is 9.78 Å². The van der Waals surface area contributed by atoms with E-state index in [-0.39, 0.29) is 11.6 Å². The fourth-order valence-electron chi connectivity index (χ4n) is 1.08. The van der Waals surface area contributed by atoms with Gasteiger partial charge in [-0.1, -0.05) is 0 Å². The number of aromatic nitrogens is 2. The van der Waals surface area contributed by atoms with Crippen LogP contribution in [0, 0.1) is 0 Å². The molecule has 0 aliphatic carbocycles. The second-order valence-electron chi connectivity index (χ2n) is 3.19. The lowest BCUT2D eigenvalue weighted by Gasteiger charge is -2.06. The molecule has 0 radical (unpaired) electrons. The summed E-state index contributed by atoms with van der Waals surface area (Å²) in [5.74, 6) is -0.178. The van der Waals surface area contributed by atoms with Crippen LogP contribution >= 0.6 is 0 Å². The first-order chi connectivity index (χ1) is 8.13. The molecule has 0 fully saturated rings. The summed E-state index contributed by atoms with van der Waals surface area (Å²) in [6, 6.07) is 0.